The van der Waals surface area contributed by atoms with Crippen LogP contribution in [-0.2, 0) is 6.42 Å². The number of carboxylic acids is 1. The quantitative estimate of drug-likeness (QED) is 0.0726. The molecule has 3 N–H and O–H groups in total. The monoisotopic (exact) mass is 564 g/mol. The van der Waals surface area contributed by atoms with Crippen molar-refractivity contribution in [2.45, 2.75) is 162 Å². The Morgan fingerprint density at radius 2 is 0.900 bits per heavy atom. The zero-order valence-electron chi connectivity index (χ0n) is 26.0. The lowest BCUT2D eigenvalue weighted by Crippen LogP contribution is -2.11. The van der Waals surface area contributed by atoms with Gasteiger partial charge in [-0.2, -0.15) is 0 Å². The third-order valence-electron chi connectivity index (χ3n) is 7.69. The number of aromatic carboxylic acids is 1. The summed E-state index contributed by atoms with van der Waals surface area (Å²) in [7, 11) is 0. The highest BCUT2D eigenvalue weighted by Crippen LogP contribution is 2.49. The zero-order valence-corrected chi connectivity index (χ0v) is 26.0. The van der Waals surface area contributed by atoms with Crippen LogP contribution in [0.5, 0.6) is 23.0 Å². The molecule has 0 aliphatic rings. The molecule has 0 saturated carbocycles. The molecule has 6 nitrogen and oxygen atoms in total. The van der Waals surface area contributed by atoms with Crippen molar-refractivity contribution in [1.82, 2.24) is 0 Å². The van der Waals surface area contributed by atoms with Crippen molar-refractivity contribution in [3.05, 3.63) is 11.1 Å². The third kappa shape index (κ3) is 14.5. The fourth-order valence-electron chi connectivity index (χ4n) is 5.21. The summed E-state index contributed by atoms with van der Waals surface area (Å²) in [5.41, 5.74) is 0.176. The number of ether oxygens (including phenoxy) is 2. The van der Waals surface area contributed by atoms with Crippen LogP contribution in [0.25, 0.3) is 0 Å². The van der Waals surface area contributed by atoms with Crippen LogP contribution in [0.2, 0.25) is 0 Å². The fourth-order valence-corrected chi connectivity index (χ4v) is 5.21. The number of carboxylic acid groups (broad SMARTS) is 1. The average molecular weight is 565 g/mol. The second kappa shape index (κ2) is 23.6. The van der Waals surface area contributed by atoms with Crippen molar-refractivity contribution in [2.24, 2.45) is 0 Å². The predicted molar refractivity (Wildman–Crippen MR) is 165 cm³/mol. The molecule has 6 heteroatoms. The molecule has 40 heavy (non-hydrogen) atoms. The molecule has 0 radical (unpaired) electrons. The Morgan fingerprint density at radius 3 is 1.32 bits per heavy atom. The Hall–Kier alpha value is -2.11. The van der Waals surface area contributed by atoms with E-state index in [0.717, 1.165) is 57.8 Å². The molecule has 0 aromatic heterocycles. The average Bonchev–Trinajstić information content (AvgIpc) is 2.94. The number of hydrogen-bond acceptors (Lipinski definition) is 5. The standard InChI is InChI=1S/C34H60O6/c1-4-7-10-13-16-19-22-25-28-29(34(37)38)30(35)31(36)33(40-27-24-21-18-15-12-9-6-3)32(28)39-26-23-20-17-14-11-8-5-2/h35-36H,4-27H2,1-3H3,(H,37,38). The van der Waals surface area contributed by atoms with E-state index in [-0.39, 0.29) is 11.3 Å². The van der Waals surface area contributed by atoms with Gasteiger partial charge < -0.3 is 24.8 Å². The van der Waals surface area contributed by atoms with Crippen molar-refractivity contribution >= 4 is 5.97 Å². The molecule has 0 aliphatic carbocycles. The van der Waals surface area contributed by atoms with Gasteiger partial charge in [0.1, 0.15) is 5.56 Å². The van der Waals surface area contributed by atoms with E-state index in [1.165, 1.54) is 77.0 Å². The number of hydrogen-bond donors (Lipinski definition) is 3. The maximum absolute atomic E-state index is 12.2. The lowest BCUT2D eigenvalue weighted by atomic mass is 9.97. The highest BCUT2D eigenvalue weighted by molar-refractivity contribution is 5.96. The van der Waals surface area contributed by atoms with E-state index >= 15 is 0 Å². The molecular formula is C34H60O6. The van der Waals surface area contributed by atoms with Crippen LogP contribution in [-0.4, -0.2) is 34.5 Å². The molecule has 0 atom stereocenters. The Labute approximate surface area is 244 Å². The van der Waals surface area contributed by atoms with E-state index in [2.05, 4.69) is 20.8 Å². The number of benzene rings is 1. The molecule has 0 spiro atoms. The Kier molecular flexibility index (Phi) is 21.2. The molecule has 1 rings (SSSR count). The highest BCUT2D eigenvalue weighted by Gasteiger charge is 2.29. The fraction of sp³-hybridized carbons (Fsp3) is 0.794. The van der Waals surface area contributed by atoms with E-state index in [1.807, 2.05) is 0 Å². The number of unbranched alkanes of at least 4 members (excludes halogenated alkanes) is 18. The first-order valence-electron chi connectivity index (χ1n) is 16.6. The van der Waals surface area contributed by atoms with E-state index in [0.29, 0.717) is 30.9 Å². The molecule has 0 saturated heterocycles. The molecule has 0 bridgehead atoms. The van der Waals surface area contributed by atoms with Crippen molar-refractivity contribution in [2.75, 3.05) is 13.2 Å². The van der Waals surface area contributed by atoms with Gasteiger partial charge in [-0.25, -0.2) is 4.79 Å². The summed E-state index contributed by atoms with van der Waals surface area (Å²) in [5.74, 6) is -2.02. The summed E-state index contributed by atoms with van der Waals surface area (Å²) in [4.78, 5) is 12.2. The van der Waals surface area contributed by atoms with Gasteiger partial charge in [0.25, 0.3) is 0 Å². The molecule has 0 heterocycles. The summed E-state index contributed by atoms with van der Waals surface area (Å²) < 4.78 is 12.2. The Balaban J connectivity index is 2.97. The lowest BCUT2D eigenvalue weighted by Gasteiger charge is -2.21. The second-order valence-electron chi connectivity index (χ2n) is 11.3. The maximum Gasteiger partial charge on any atom is 0.340 e. The predicted octanol–water partition coefficient (Wildman–Crippen LogP) is 10.3. The van der Waals surface area contributed by atoms with E-state index in [9.17, 15) is 20.1 Å². The van der Waals surface area contributed by atoms with Crippen LogP contribution >= 0.6 is 0 Å². The van der Waals surface area contributed by atoms with Crippen LogP contribution in [0.1, 0.15) is 172 Å². The summed E-state index contributed by atoms with van der Waals surface area (Å²) >= 11 is 0. The topological polar surface area (TPSA) is 96.2 Å². The molecule has 0 fully saturated rings. The minimum Gasteiger partial charge on any atom is -0.504 e. The molecule has 1 aromatic carbocycles. The smallest absolute Gasteiger partial charge is 0.340 e. The van der Waals surface area contributed by atoms with Gasteiger partial charge in [-0.15, -0.1) is 0 Å². The van der Waals surface area contributed by atoms with Gasteiger partial charge in [-0.3, -0.25) is 0 Å². The van der Waals surface area contributed by atoms with Gasteiger partial charge >= 0.3 is 5.97 Å². The Bertz CT molecular complexity index is 791. The molecule has 0 amide bonds. The molecule has 1 aromatic rings. The first-order valence-corrected chi connectivity index (χ1v) is 16.6. The second-order valence-corrected chi connectivity index (χ2v) is 11.3. The first kappa shape index (κ1) is 35.9. The normalized spacial score (nSPS) is 11.2. The van der Waals surface area contributed by atoms with Gasteiger partial charge in [0.15, 0.2) is 11.5 Å². The van der Waals surface area contributed by atoms with Gasteiger partial charge in [0, 0.05) is 5.56 Å². The zero-order chi connectivity index (χ0) is 29.4. The number of phenolic OH excluding ortho intramolecular Hbond substituents is 1. The van der Waals surface area contributed by atoms with Gasteiger partial charge in [-0.05, 0) is 25.7 Å². The van der Waals surface area contributed by atoms with Crippen molar-refractivity contribution in [3.8, 4) is 23.0 Å². The van der Waals surface area contributed by atoms with E-state index in [4.69, 9.17) is 9.47 Å². The minimum atomic E-state index is -1.26. The minimum absolute atomic E-state index is 0.0920. The lowest BCUT2D eigenvalue weighted by molar-refractivity contribution is 0.0690. The summed E-state index contributed by atoms with van der Waals surface area (Å²) in [6.07, 6.45) is 24.1. The van der Waals surface area contributed by atoms with E-state index in [1.54, 1.807) is 0 Å². The van der Waals surface area contributed by atoms with Crippen LogP contribution in [0, 0.1) is 0 Å². The van der Waals surface area contributed by atoms with Crippen LogP contribution < -0.4 is 9.47 Å². The highest BCUT2D eigenvalue weighted by atomic mass is 16.5. The SMILES string of the molecule is CCCCCCCCCOc1c(O)c(O)c(C(=O)O)c(CCCCCCCCC)c1OCCCCCCCCC. The van der Waals surface area contributed by atoms with E-state index < -0.39 is 17.5 Å². The molecular weight excluding hydrogens is 504 g/mol. The van der Waals surface area contributed by atoms with Gasteiger partial charge in [-0.1, -0.05) is 136 Å². The van der Waals surface area contributed by atoms with Crippen molar-refractivity contribution in [1.29, 1.82) is 0 Å². The molecule has 0 unspecified atom stereocenters. The number of carbonyl (C=O) groups is 1. The first-order chi connectivity index (χ1) is 19.5. The summed E-state index contributed by atoms with van der Waals surface area (Å²) in [5, 5.41) is 31.5. The van der Waals surface area contributed by atoms with Crippen LogP contribution in [0.15, 0.2) is 0 Å². The Morgan fingerprint density at radius 1 is 0.525 bits per heavy atom. The summed E-state index contributed by atoms with van der Waals surface area (Å²) in [6.45, 7) is 7.43. The van der Waals surface area contributed by atoms with Crippen LogP contribution in [0.4, 0.5) is 0 Å². The van der Waals surface area contributed by atoms with Crippen LogP contribution in [0.3, 0.4) is 0 Å². The number of aromatic hydroxyl groups is 2. The number of phenols is 2. The summed E-state index contributed by atoms with van der Waals surface area (Å²) in [6, 6.07) is 0. The van der Waals surface area contributed by atoms with Gasteiger partial charge in [0.2, 0.25) is 11.5 Å². The number of rotatable bonds is 27. The van der Waals surface area contributed by atoms with Crippen molar-refractivity contribution < 1.29 is 29.6 Å². The largest absolute Gasteiger partial charge is 0.504 e. The van der Waals surface area contributed by atoms with Crippen molar-refractivity contribution in [3.63, 3.8) is 0 Å². The maximum atomic E-state index is 12.2. The van der Waals surface area contributed by atoms with Gasteiger partial charge in [0.05, 0.1) is 13.2 Å². The molecule has 232 valence electrons. The molecule has 0 aliphatic heterocycles. The third-order valence-corrected chi connectivity index (χ3v) is 7.69.